The Hall–Kier alpha value is -2.48. The molecule has 0 amide bonds. The van der Waals surface area contributed by atoms with E-state index in [4.69, 9.17) is 5.73 Å². The highest BCUT2D eigenvalue weighted by Crippen LogP contribution is 2.53. The summed E-state index contributed by atoms with van der Waals surface area (Å²) in [4.78, 5) is 25.9. The van der Waals surface area contributed by atoms with E-state index < -0.39 is 29.0 Å². The molecule has 0 radical (unpaired) electrons. The van der Waals surface area contributed by atoms with Crippen LogP contribution in [0.1, 0.15) is 29.6 Å². The number of rotatable bonds is 4. The molecule has 2 heterocycles. The molecule has 2 aliphatic carbocycles. The Morgan fingerprint density at radius 1 is 1.36 bits per heavy atom. The van der Waals surface area contributed by atoms with Crippen LogP contribution >= 0.6 is 0 Å². The van der Waals surface area contributed by atoms with Crippen LogP contribution in [-0.4, -0.2) is 40.9 Å². The molecule has 1 spiro atoms. The summed E-state index contributed by atoms with van der Waals surface area (Å²) < 4.78 is 29.9. The van der Waals surface area contributed by atoms with Gasteiger partial charge in [0, 0.05) is 48.6 Å². The number of alkyl halides is 1. The van der Waals surface area contributed by atoms with Crippen molar-refractivity contribution in [3.63, 3.8) is 0 Å². The molecule has 2 saturated carbocycles. The Morgan fingerprint density at radius 3 is 2.64 bits per heavy atom. The summed E-state index contributed by atoms with van der Waals surface area (Å²) in [6.45, 7) is 1.46. The average molecular weight is 389 g/mol. The second kappa shape index (κ2) is 5.76. The number of aromatic carboxylic acids is 1. The molecule has 3 aliphatic rings. The summed E-state index contributed by atoms with van der Waals surface area (Å²) in [5.74, 6) is -2.16. The summed E-state index contributed by atoms with van der Waals surface area (Å²) in [6.07, 6.45) is 2.80. The maximum Gasteiger partial charge on any atom is 0.341 e. The molecule has 1 aliphatic heterocycles. The van der Waals surface area contributed by atoms with Crippen molar-refractivity contribution in [2.24, 2.45) is 17.1 Å². The summed E-state index contributed by atoms with van der Waals surface area (Å²) >= 11 is 0. The number of fused-ring (bicyclic) bond motifs is 1. The fraction of sp³-hybridized carbons (Fsp3) is 0.500. The number of benzene rings is 1. The first kappa shape index (κ1) is 17.6. The topological polar surface area (TPSA) is 88.6 Å². The van der Waals surface area contributed by atoms with Crippen LogP contribution in [0.3, 0.4) is 0 Å². The predicted octanol–water partition coefficient (Wildman–Crippen LogP) is 2.12. The third-order valence-corrected chi connectivity index (χ3v) is 6.59. The van der Waals surface area contributed by atoms with Gasteiger partial charge >= 0.3 is 5.97 Å². The van der Waals surface area contributed by atoms with Gasteiger partial charge in [-0.05, 0) is 31.4 Å². The SMILES string of the molecule is N[C@@H]1CN(c2cc3c(cc2F)c(=O)c(C(=O)O)cn3C[C@@H]2C[C@@H]2F)CC12CC2. The van der Waals surface area contributed by atoms with Gasteiger partial charge in [0.1, 0.15) is 17.6 Å². The van der Waals surface area contributed by atoms with Crippen LogP contribution in [0.15, 0.2) is 23.1 Å². The average Bonchev–Trinajstić information content (AvgIpc) is 3.52. The second-order valence-electron chi connectivity index (χ2n) is 8.51. The number of halogens is 2. The van der Waals surface area contributed by atoms with Crippen LogP contribution in [0.2, 0.25) is 0 Å². The number of nitrogens with zero attached hydrogens (tertiary/aromatic N) is 2. The van der Waals surface area contributed by atoms with Crippen molar-refractivity contribution < 1.29 is 18.7 Å². The number of hydrogen-bond donors (Lipinski definition) is 2. The first-order chi connectivity index (χ1) is 13.3. The molecular formula is C20H21F2N3O3. The Balaban J connectivity index is 1.65. The minimum absolute atomic E-state index is 0.00170. The summed E-state index contributed by atoms with van der Waals surface area (Å²) in [7, 11) is 0. The minimum Gasteiger partial charge on any atom is -0.477 e. The zero-order valence-electron chi connectivity index (χ0n) is 15.2. The number of aromatic nitrogens is 1. The largest absolute Gasteiger partial charge is 0.477 e. The number of anilines is 1. The van der Waals surface area contributed by atoms with Crippen LogP contribution < -0.4 is 16.1 Å². The Bertz CT molecular complexity index is 1060. The van der Waals surface area contributed by atoms with Crippen LogP contribution in [-0.2, 0) is 6.54 Å². The van der Waals surface area contributed by atoms with Gasteiger partial charge in [0.2, 0.25) is 5.43 Å². The molecule has 6 nitrogen and oxygen atoms in total. The quantitative estimate of drug-likeness (QED) is 0.836. The molecule has 5 rings (SSSR count). The van der Waals surface area contributed by atoms with E-state index in [-0.39, 0.29) is 29.3 Å². The van der Waals surface area contributed by atoms with Crippen molar-refractivity contribution in [2.45, 2.75) is 38.0 Å². The molecule has 0 unspecified atom stereocenters. The Morgan fingerprint density at radius 2 is 2.07 bits per heavy atom. The highest BCUT2D eigenvalue weighted by Gasteiger charge is 2.53. The lowest BCUT2D eigenvalue weighted by molar-refractivity contribution is 0.0694. The van der Waals surface area contributed by atoms with Crippen molar-refractivity contribution in [3.8, 4) is 0 Å². The highest BCUT2D eigenvalue weighted by atomic mass is 19.1. The molecule has 3 fully saturated rings. The number of carboxylic acids is 1. The lowest BCUT2D eigenvalue weighted by atomic mass is 10.0. The summed E-state index contributed by atoms with van der Waals surface area (Å²) in [6, 6.07) is 2.68. The van der Waals surface area contributed by atoms with Crippen LogP contribution in [0.25, 0.3) is 10.9 Å². The van der Waals surface area contributed by atoms with Crippen molar-refractivity contribution in [1.29, 1.82) is 0 Å². The third kappa shape index (κ3) is 2.62. The zero-order valence-corrected chi connectivity index (χ0v) is 15.2. The van der Waals surface area contributed by atoms with Crippen LogP contribution in [0.4, 0.5) is 14.5 Å². The number of hydrogen-bond acceptors (Lipinski definition) is 4. The third-order valence-electron chi connectivity index (χ3n) is 6.59. The van der Waals surface area contributed by atoms with Crippen molar-refractivity contribution in [3.05, 3.63) is 39.9 Å². The molecule has 1 aromatic carbocycles. The molecular weight excluding hydrogens is 368 g/mol. The molecule has 8 heteroatoms. The van der Waals surface area contributed by atoms with Gasteiger partial charge in [-0.25, -0.2) is 13.6 Å². The smallest absolute Gasteiger partial charge is 0.341 e. The molecule has 1 aromatic heterocycles. The fourth-order valence-corrected chi connectivity index (χ4v) is 4.46. The maximum absolute atomic E-state index is 14.9. The van der Waals surface area contributed by atoms with E-state index in [2.05, 4.69) is 0 Å². The van der Waals surface area contributed by atoms with Crippen molar-refractivity contribution in [1.82, 2.24) is 4.57 Å². The van der Waals surface area contributed by atoms with Gasteiger partial charge in [0.25, 0.3) is 0 Å². The lowest BCUT2D eigenvalue weighted by Crippen LogP contribution is -2.30. The number of carbonyl (C=O) groups is 1. The van der Waals surface area contributed by atoms with Gasteiger partial charge in [-0.3, -0.25) is 4.79 Å². The number of pyridine rings is 1. The van der Waals surface area contributed by atoms with Crippen molar-refractivity contribution >= 4 is 22.6 Å². The molecule has 28 heavy (non-hydrogen) atoms. The van der Waals surface area contributed by atoms with E-state index >= 15 is 0 Å². The Kier molecular flexibility index (Phi) is 3.62. The van der Waals surface area contributed by atoms with Crippen LogP contribution in [0, 0.1) is 17.2 Å². The maximum atomic E-state index is 14.9. The lowest BCUT2D eigenvalue weighted by Gasteiger charge is -2.21. The molecule has 3 atom stereocenters. The first-order valence-corrected chi connectivity index (χ1v) is 9.54. The van der Waals surface area contributed by atoms with E-state index in [1.165, 1.54) is 6.20 Å². The minimum atomic E-state index is -1.38. The predicted molar refractivity (Wildman–Crippen MR) is 100.0 cm³/mol. The molecule has 3 N–H and O–H groups in total. The van der Waals surface area contributed by atoms with E-state index in [0.717, 1.165) is 18.9 Å². The molecule has 0 bridgehead atoms. The van der Waals surface area contributed by atoms with Crippen molar-refractivity contribution in [2.75, 3.05) is 18.0 Å². The van der Waals surface area contributed by atoms with Gasteiger partial charge in [-0.15, -0.1) is 0 Å². The number of nitrogens with two attached hydrogens (primary N) is 1. The van der Waals surface area contributed by atoms with Gasteiger partial charge < -0.3 is 20.3 Å². The molecule has 2 aromatic rings. The molecule has 1 saturated heterocycles. The van der Waals surface area contributed by atoms with E-state index in [1.54, 1.807) is 10.6 Å². The van der Waals surface area contributed by atoms with Gasteiger partial charge in [0.05, 0.1) is 11.2 Å². The van der Waals surface area contributed by atoms with E-state index in [1.807, 2.05) is 4.90 Å². The van der Waals surface area contributed by atoms with Gasteiger partial charge in [0.15, 0.2) is 0 Å². The first-order valence-electron chi connectivity index (χ1n) is 9.54. The van der Waals surface area contributed by atoms with Crippen LogP contribution in [0.5, 0.6) is 0 Å². The van der Waals surface area contributed by atoms with E-state index in [9.17, 15) is 23.5 Å². The van der Waals surface area contributed by atoms with Gasteiger partial charge in [-0.2, -0.15) is 0 Å². The second-order valence-corrected chi connectivity index (χ2v) is 8.51. The normalized spacial score (nSPS) is 27.5. The fourth-order valence-electron chi connectivity index (χ4n) is 4.46. The molecule has 148 valence electrons. The van der Waals surface area contributed by atoms with Gasteiger partial charge in [-0.1, -0.05) is 0 Å². The summed E-state index contributed by atoms with van der Waals surface area (Å²) in [5.41, 5.74) is 5.92. The summed E-state index contributed by atoms with van der Waals surface area (Å²) in [5, 5.41) is 9.34. The Labute approximate surface area is 159 Å². The highest BCUT2D eigenvalue weighted by molar-refractivity contribution is 5.93. The standard InChI is InChI=1S/C20H21F2N3O3/c21-13-3-10(13)6-24-7-12(19(27)28)18(26)11-4-14(22)16(5-15(11)24)25-8-17(23)20(9-25)1-2-20/h4-5,7,10,13,17H,1-3,6,8-9,23H2,(H,27,28)/t10-,13-,17+/m0/s1. The zero-order chi connectivity index (χ0) is 19.8. The number of carboxylic acid groups (broad SMARTS) is 1. The monoisotopic (exact) mass is 389 g/mol. The van der Waals surface area contributed by atoms with E-state index in [0.29, 0.717) is 30.7 Å².